The number of fused-ring (bicyclic) bond motifs is 1. The lowest BCUT2D eigenvalue weighted by atomic mass is 10.1. The molecule has 0 saturated heterocycles. The standard InChI is InChI=1S/C24H24N10/c1-16(2)32-21-10-23(34-24-18(13-31-34)9-17(11-25)12-30-24)29-14-20(21)22(33-26)15-27-8-6-19-5-3-4-7-28-19/h3-5,7,9-10,12-16H,6,8,26H2,1-2H3,(H,29,32). The molecule has 170 valence electrons. The summed E-state index contributed by atoms with van der Waals surface area (Å²) in [5.41, 5.74) is 4.07. The fourth-order valence-corrected chi connectivity index (χ4v) is 3.39. The van der Waals surface area contributed by atoms with Gasteiger partial charge < -0.3 is 11.2 Å². The molecule has 0 aliphatic heterocycles. The summed E-state index contributed by atoms with van der Waals surface area (Å²) in [6, 6.07) is 11.7. The van der Waals surface area contributed by atoms with E-state index in [4.69, 9.17) is 11.1 Å². The lowest BCUT2D eigenvalue weighted by molar-refractivity contribution is 0.857. The molecule has 0 aliphatic carbocycles. The summed E-state index contributed by atoms with van der Waals surface area (Å²) in [6.07, 6.45) is 9.01. The molecule has 0 unspecified atom stereocenters. The summed E-state index contributed by atoms with van der Waals surface area (Å²) in [5, 5.41) is 21.6. The highest BCUT2D eigenvalue weighted by molar-refractivity contribution is 6.39. The van der Waals surface area contributed by atoms with Crippen LogP contribution in [0.25, 0.3) is 16.9 Å². The molecule has 0 atom stereocenters. The van der Waals surface area contributed by atoms with Gasteiger partial charge in [-0.2, -0.15) is 20.1 Å². The molecule has 4 aromatic heterocycles. The van der Waals surface area contributed by atoms with Crippen LogP contribution in [0.1, 0.15) is 30.7 Å². The predicted molar refractivity (Wildman–Crippen MR) is 132 cm³/mol. The Labute approximate surface area is 196 Å². The van der Waals surface area contributed by atoms with Crippen molar-refractivity contribution in [3.8, 4) is 11.9 Å². The van der Waals surface area contributed by atoms with E-state index in [9.17, 15) is 0 Å². The first kappa shape index (κ1) is 22.5. The molecule has 4 heterocycles. The Morgan fingerprint density at radius 3 is 2.82 bits per heavy atom. The minimum atomic E-state index is 0.153. The molecular weight excluding hydrogens is 428 g/mol. The van der Waals surface area contributed by atoms with Crippen molar-refractivity contribution in [1.82, 2.24) is 24.7 Å². The van der Waals surface area contributed by atoms with Crippen LogP contribution in [-0.2, 0) is 6.42 Å². The molecule has 0 radical (unpaired) electrons. The van der Waals surface area contributed by atoms with E-state index in [-0.39, 0.29) is 6.04 Å². The van der Waals surface area contributed by atoms with E-state index in [0.29, 0.717) is 29.3 Å². The quantitative estimate of drug-likeness (QED) is 0.238. The number of aliphatic imine (C=N–C) groups is 1. The highest BCUT2D eigenvalue weighted by Crippen LogP contribution is 2.22. The smallest absolute Gasteiger partial charge is 0.164 e. The molecule has 0 aromatic carbocycles. The van der Waals surface area contributed by atoms with E-state index in [2.05, 4.69) is 41.5 Å². The number of rotatable bonds is 8. The largest absolute Gasteiger partial charge is 0.382 e. The molecule has 0 aliphatic rings. The first-order chi connectivity index (χ1) is 16.6. The number of nitriles is 1. The zero-order valence-electron chi connectivity index (χ0n) is 18.9. The van der Waals surface area contributed by atoms with Crippen LogP contribution in [0.3, 0.4) is 0 Å². The lowest BCUT2D eigenvalue weighted by Crippen LogP contribution is -2.17. The fraction of sp³-hybridized carbons (Fsp3) is 0.208. The lowest BCUT2D eigenvalue weighted by Gasteiger charge is -2.15. The summed E-state index contributed by atoms with van der Waals surface area (Å²) in [5.74, 6) is 6.28. The van der Waals surface area contributed by atoms with Crippen molar-refractivity contribution in [2.45, 2.75) is 26.3 Å². The predicted octanol–water partition coefficient (Wildman–Crippen LogP) is 2.88. The zero-order valence-corrected chi connectivity index (χ0v) is 18.9. The van der Waals surface area contributed by atoms with Crippen LogP contribution < -0.4 is 11.2 Å². The molecule has 0 spiro atoms. The van der Waals surface area contributed by atoms with Crippen LogP contribution in [0.4, 0.5) is 5.69 Å². The van der Waals surface area contributed by atoms with Gasteiger partial charge in [0.15, 0.2) is 11.5 Å². The number of aromatic nitrogens is 5. The monoisotopic (exact) mass is 452 g/mol. The Balaban J connectivity index is 1.62. The van der Waals surface area contributed by atoms with Gasteiger partial charge in [0.05, 0.1) is 11.8 Å². The van der Waals surface area contributed by atoms with Gasteiger partial charge in [0.1, 0.15) is 11.8 Å². The van der Waals surface area contributed by atoms with E-state index in [0.717, 1.165) is 28.8 Å². The molecule has 4 aromatic rings. The minimum Gasteiger partial charge on any atom is -0.382 e. The maximum Gasteiger partial charge on any atom is 0.164 e. The molecule has 10 heteroatoms. The Morgan fingerprint density at radius 1 is 1.21 bits per heavy atom. The van der Waals surface area contributed by atoms with Gasteiger partial charge in [-0.3, -0.25) is 9.98 Å². The first-order valence-electron chi connectivity index (χ1n) is 10.8. The van der Waals surface area contributed by atoms with Crippen LogP contribution in [0.5, 0.6) is 0 Å². The number of hydrazone groups is 1. The van der Waals surface area contributed by atoms with E-state index in [1.54, 1.807) is 35.6 Å². The molecule has 10 nitrogen and oxygen atoms in total. The molecule has 3 N–H and O–H groups in total. The van der Waals surface area contributed by atoms with Crippen molar-refractivity contribution in [3.05, 3.63) is 71.9 Å². The van der Waals surface area contributed by atoms with Crippen LogP contribution >= 0.6 is 0 Å². The van der Waals surface area contributed by atoms with Crippen LogP contribution in [0.15, 0.2) is 65.2 Å². The van der Waals surface area contributed by atoms with Gasteiger partial charge in [0.25, 0.3) is 0 Å². The number of nitrogens with two attached hydrogens (primary N) is 1. The minimum absolute atomic E-state index is 0.153. The second kappa shape index (κ2) is 10.3. The first-order valence-corrected chi connectivity index (χ1v) is 10.8. The topological polar surface area (TPSA) is 143 Å². The summed E-state index contributed by atoms with van der Waals surface area (Å²) >= 11 is 0. The van der Waals surface area contributed by atoms with Crippen LogP contribution in [0, 0.1) is 11.3 Å². The fourth-order valence-electron chi connectivity index (χ4n) is 3.39. The highest BCUT2D eigenvalue weighted by atomic mass is 15.3. The van der Waals surface area contributed by atoms with Crippen molar-refractivity contribution >= 4 is 28.6 Å². The van der Waals surface area contributed by atoms with Gasteiger partial charge in [-0.1, -0.05) is 6.07 Å². The van der Waals surface area contributed by atoms with Crippen molar-refractivity contribution in [3.63, 3.8) is 0 Å². The van der Waals surface area contributed by atoms with E-state index >= 15 is 0 Å². The molecule has 0 bridgehead atoms. The van der Waals surface area contributed by atoms with Gasteiger partial charge in [-0.15, -0.1) is 0 Å². The van der Waals surface area contributed by atoms with Crippen molar-refractivity contribution in [1.29, 1.82) is 5.26 Å². The van der Waals surface area contributed by atoms with Crippen LogP contribution in [-0.4, -0.2) is 49.2 Å². The van der Waals surface area contributed by atoms with Gasteiger partial charge >= 0.3 is 0 Å². The molecule has 0 amide bonds. The second-order valence-corrected chi connectivity index (χ2v) is 7.81. The summed E-state index contributed by atoms with van der Waals surface area (Å²) in [6.45, 7) is 4.64. The Bertz CT molecular complexity index is 1380. The van der Waals surface area contributed by atoms with Crippen molar-refractivity contribution < 1.29 is 0 Å². The third-order valence-corrected chi connectivity index (χ3v) is 4.94. The number of nitrogens with one attached hydrogen (secondary N) is 1. The number of pyridine rings is 3. The molecule has 34 heavy (non-hydrogen) atoms. The second-order valence-electron chi connectivity index (χ2n) is 7.81. The summed E-state index contributed by atoms with van der Waals surface area (Å²) < 4.78 is 1.63. The summed E-state index contributed by atoms with van der Waals surface area (Å²) in [7, 11) is 0. The van der Waals surface area contributed by atoms with E-state index in [1.165, 1.54) is 6.20 Å². The Kier molecular flexibility index (Phi) is 6.84. The maximum absolute atomic E-state index is 9.11. The van der Waals surface area contributed by atoms with E-state index < -0.39 is 0 Å². The van der Waals surface area contributed by atoms with E-state index in [1.807, 2.05) is 38.1 Å². The number of hydrogen-bond acceptors (Lipinski definition) is 9. The molecular formula is C24H24N10. The number of anilines is 1. The average molecular weight is 453 g/mol. The summed E-state index contributed by atoms with van der Waals surface area (Å²) in [4.78, 5) is 17.7. The molecule has 0 fully saturated rings. The Hall–Kier alpha value is -4.65. The Morgan fingerprint density at radius 2 is 2.09 bits per heavy atom. The SMILES string of the molecule is CC(C)Nc1cc(-n2ncc3cc(C#N)cnc32)ncc1C(C=NCCc1ccccn1)=NN. The zero-order chi connectivity index (χ0) is 23.9. The maximum atomic E-state index is 9.11. The van der Waals surface area contributed by atoms with Gasteiger partial charge in [-0.25, -0.2) is 9.97 Å². The average Bonchev–Trinajstić information content (AvgIpc) is 3.28. The van der Waals surface area contributed by atoms with Gasteiger partial charge in [0.2, 0.25) is 0 Å². The molecule has 0 saturated carbocycles. The normalized spacial score (nSPS) is 11.9. The number of nitrogens with zero attached hydrogens (tertiary/aromatic N) is 8. The third kappa shape index (κ3) is 5.05. The van der Waals surface area contributed by atoms with Crippen molar-refractivity contribution in [2.75, 3.05) is 11.9 Å². The van der Waals surface area contributed by atoms with Gasteiger partial charge in [-0.05, 0) is 32.0 Å². The highest BCUT2D eigenvalue weighted by Gasteiger charge is 2.15. The van der Waals surface area contributed by atoms with Crippen LogP contribution in [0.2, 0.25) is 0 Å². The van der Waals surface area contributed by atoms with Crippen molar-refractivity contribution in [2.24, 2.45) is 15.9 Å². The molecule has 4 rings (SSSR count). The number of hydrogen-bond donors (Lipinski definition) is 2. The van der Waals surface area contributed by atoms with Gasteiger partial charge in [0, 0.05) is 72.2 Å². The third-order valence-electron chi connectivity index (χ3n) is 4.94.